The molecule has 0 unspecified atom stereocenters. The van der Waals surface area contributed by atoms with Gasteiger partial charge >= 0.3 is 11.9 Å². The molecule has 0 bridgehead atoms. The third kappa shape index (κ3) is 6.35. The zero-order chi connectivity index (χ0) is 12.1. The number of nitrogens with two attached hydrogens (primary N) is 1. The molecule has 0 rings (SSSR count). The number of esters is 2. The molecule has 0 saturated carbocycles. The summed E-state index contributed by atoms with van der Waals surface area (Å²) in [5.41, 5.74) is -0.582. The predicted octanol–water partition coefficient (Wildman–Crippen LogP) is 0.867. The quantitative estimate of drug-likeness (QED) is 0.575. The van der Waals surface area contributed by atoms with Crippen LogP contribution in [-0.2, 0) is 19.1 Å². The molecule has 0 aliphatic carbocycles. The fraction of sp³-hybridized carbons (Fsp3) is 0.778. The predicted molar refractivity (Wildman–Crippen MR) is 58.0 cm³/mol. The lowest BCUT2D eigenvalue weighted by atomic mass is 10.2. The highest BCUT2D eigenvalue weighted by atomic mass is 32.2. The summed E-state index contributed by atoms with van der Waals surface area (Å²) < 4.78 is 9.54. The Morgan fingerprint density at radius 3 is 2.27 bits per heavy atom. The first kappa shape index (κ1) is 14.2. The van der Waals surface area contributed by atoms with Gasteiger partial charge in [-0.2, -0.15) is 0 Å². The van der Waals surface area contributed by atoms with Gasteiger partial charge in [0.15, 0.2) is 0 Å². The van der Waals surface area contributed by atoms with Gasteiger partial charge in [0.05, 0.1) is 13.5 Å². The van der Waals surface area contributed by atoms with Crippen molar-refractivity contribution in [2.75, 3.05) is 7.11 Å². The number of rotatable bonds is 4. The maximum Gasteiger partial charge on any atom is 0.321 e. The van der Waals surface area contributed by atoms with Gasteiger partial charge in [-0.25, -0.2) is 0 Å². The van der Waals surface area contributed by atoms with Crippen molar-refractivity contribution in [2.45, 2.75) is 38.0 Å². The van der Waals surface area contributed by atoms with E-state index in [4.69, 9.17) is 9.88 Å². The average molecular weight is 235 g/mol. The summed E-state index contributed by atoms with van der Waals surface area (Å²) in [6.07, 6.45) is -0.0768. The largest absolute Gasteiger partial charge is 0.469 e. The highest BCUT2D eigenvalue weighted by molar-refractivity contribution is 7.98. The second kappa shape index (κ2) is 5.97. The van der Waals surface area contributed by atoms with Crippen LogP contribution < -0.4 is 5.14 Å². The molecule has 6 heteroatoms. The van der Waals surface area contributed by atoms with Crippen molar-refractivity contribution in [3.05, 3.63) is 0 Å². The fourth-order valence-electron chi connectivity index (χ4n) is 0.789. The Morgan fingerprint density at radius 1 is 1.40 bits per heavy atom. The topological polar surface area (TPSA) is 78.6 Å². The van der Waals surface area contributed by atoms with Crippen LogP contribution in [0, 0.1) is 0 Å². The Hall–Kier alpha value is -0.750. The normalized spacial score (nSPS) is 13.1. The first-order chi connectivity index (χ1) is 6.80. The van der Waals surface area contributed by atoms with Crippen LogP contribution in [-0.4, -0.2) is 29.9 Å². The highest BCUT2D eigenvalue weighted by Gasteiger charge is 2.27. The van der Waals surface area contributed by atoms with Crippen LogP contribution in [0.1, 0.15) is 27.2 Å². The maximum atomic E-state index is 11.5. The summed E-state index contributed by atoms with van der Waals surface area (Å²) >= 11 is 0.787. The summed E-state index contributed by atoms with van der Waals surface area (Å²) in [6.45, 7) is 5.25. The van der Waals surface area contributed by atoms with Gasteiger partial charge in [0.1, 0.15) is 10.9 Å². The molecular formula is C9H17NO4S. The van der Waals surface area contributed by atoms with E-state index in [0.717, 1.165) is 11.9 Å². The molecule has 0 aromatic carbocycles. The number of hydrogen-bond acceptors (Lipinski definition) is 6. The van der Waals surface area contributed by atoms with Gasteiger partial charge < -0.3 is 9.47 Å². The molecule has 0 heterocycles. The van der Waals surface area contributed by atoms with E-state index in [1.807, 2.05) is 0 Å². The molecule has 2 N–H and O–H groups in total. The Balaban J connectivity index is 4.29. The van der Waals surface area contributed by atoms with Crippen LogP contribution in [0.3, 0.4) is 0 Å². The molecule has 0 aliphatic rings. The van der Waals surface area contributed by atoms with E-state index < -0.39 is 22.8 Å². The molecule has 0 radical (unpaired) electrons. The Bertz CT molecular complexity index is 237. The molecule has 1 atom stereocenters. The smallest absolute Gasteiger partial charge is 0.321 e. The molecule has 88 valence electrons. The van der Waals surface area contributed by atoms with Gasteiger partial charge in [-0.3, -0.25) is 14.7 Å². The van der Waals surface area contributed by atoms with Crippen LogP contribution in [0.4, 0.5) is 0 Å². The van der Waals surface area contributed by atoms with Crippen molar-refractivity contribution in [3.8, 4) is 0 Å². The first-order valence-corrected chi connectivity index (χ1v) is 5.39. The van der Waals surface area contributed by atoms with Crippen LogP contribution in [0.15, 0.2) is 0 Å². The number of ether oxygens (including phenoxy) is 2. The fourth-order valence-corrected chi connectivity index (χ4v) is 1.18. The standard InChI is InChI=1S/C9H17NO4S/c1-9(2,3)14-8(12)6(15-10)5-7(11)13-4/h6H,5,10H2,1-4H3/t6-/m0/s1. The maximum absolute atomic E-state index is 11.5. The number of carbonyl (C=O) groups excluding carboxylic acids is 2. The molecular weight excluding hydrogens is 218 g/mol. The minimum atomic E-state index is -0.711. The number of methoxy groups -OCH3 is 1. The first-order valence-electron chi connectivity index (χ1n) is 4.45. The molecule has 0 aliphatic heterocycles. The summed E-state index contributed by atoms with van der Waals surface area (Å²) in [5.74, 6) is -0.982. The van der Waals surface area contributed by atoms with Crippen LogP contribution in [0.2, 0.25) is 0 Å². The second-order valence-electron chi connectivity index (χ2n) is 3.94. The van der Waals surface area contributed by atoms with Gasteiger partial charge in [0.2, 0.25) is 0 Å². The van der Waals surface area contributed by atoms with Gasteiger partial charge in [0, 0.05) is 0 Å². The second-order valence-corrected chi connectivity index (χ2v) is 4.78. The monoisotopic (exact) mass is 235 g/mol. The van der Waals surface area contributed by atoms with E-state index >= 15 is 0 Å². The average Bonchev–Trinajstić information content (AvgIpc) is 2.10. The SMILES string of the molecule is COC(=O)C[C@H](SN)C(=O)OC(C)(C)C. The van der Waals surface area contributed by atoms with Crippen LogP contribution >= 0.6 is 11.9 Å². The van der Waals surface area contributed by atoms with Crippen molar-refractivity contribution in [1.29, 1.82) is 0 Å². The van der Waals surface area contributed by atoms with E-state index in [1.54, 1.807) is 20.8 Å². The molecule has 0 amide bonds. The molecule has 0 aromatic rings. The van der Waals surface area contributed by atoms with Crippen molar-refractivity contribution >= 4 is 23.9 Å². The molecule has 0 saturated heterocycles. The zero-order valence-corrected chi connectivity index (χ0v) is 10.2. The van der Waals surface area contributed by atoms with Crippen molar-refractivity contribution in [1.82, 2.24) is 0 Å². The Kier molecular flexibility index (Phi) is 5.67. The van der Waals surface area contributed by atoms with Gasteiger partial charge in [-0.05, 0) is 20.8 Å². The van der Waals surface area contributed by atoms with E-state index in [2.05, 4.69) is 4.74 Å². The summed E-state index contributed by atoms with van der Waals surface area (Å²) in [5, 5.41) is 4.59. The van der Waals surface area contributed by atoms with Crippen LogP contribution in [0.5, 0.6) is 0 Å². The van der Waals surface area contributed by atoms with Crippen molar-refractivity contribution < 1.29 is 19.1 Å². The summed E-state index contributed by atoms with van der Waals surface area (Å²) in [7, 11) is 1.26. The van der Waals surface area contributed by atoms with Gasteiger partial charge in [0.25, 0.3) is 0 Å². The Morgan fingerprint density at radius 2 is 1.93 bits per heavy atom. The lowest BCUT2D eigenvalue weighted by molar-refractivity contribution is -0.156. The molecule has 0 spiro atoms. The van der Waals surface area contributed by atoms with Gasteiger partial charge in [-0.15, -0.1) is 0 Å². The molecule has 0 aromatic heterocycles. The molecule has 5 nitrogen and oxygen atoms in total. The van der Waals surface area contributed by atoms with E-state index in [-0.39, 0.29) is 6.42 Å². The van der Waals surface area contributed by atoms with E-state index in [0.29, 0.717) is 0 Å². The molecule has 15 heavy (non-hydrogen) atoms. The minimum absolute atomic E-state index is 0.0768. The number of carbonyl (C=O) groups is 2. The van der Waals surface area contributed by atoms with Gasteiger partial charge in [-0.1, -0.05) is 11.9 Å². The lowest BCUT2D eigenvalue weighted by Crippen LogP contribution is -2.32. The van der Waals surface area contributed by atoms with Crippen molar-refractivity contribution in [3.63, 3.8) is 0 Å². The van der Waals surface area contributed by atoms with E-state index in [9.17, 15) is 9.59 Å². The number of hydrogen-bond donors (Lipinski definition) is 1. The van der Waals surface area contributed by atoms with Crippen LogP contribution in [0.25, 0.3) is 0 Å². The highest BCUT2D eigenvalue weighted by Crippen LogP contribution is 2.16. The van der Waals surface area contributed by atoms with E-state index in [1.165, 1.54) is 7.11 Å². The third-order valence-corrected chi connectivity index (χ3v) is 2.10. The summed E-state index contributed by atoms with van der Waals surface area (Å²) in [4.78, 5) is 22.5. The zero-order valence-electron chi connectivity index (χ0n) is 9.40. The summed E-state index contributed by atoms with van der Waals surface area (Å²) in [6, 6.07) is 0. The Labute approximate surface area is 93.8 Å². The lowest BCUT2D eigenvalue weighted by Gasteiger charge is -2.22. The third-order valence-electron chi connectivity index (χ3n) is 1.41. The van der Waals surface area contributed by atoms with Crippen molar-refractivity contribution in [2.24, 2.45) is 5.14 Å². The minimum Gasteiger partial charge on any atom is -0.469 e. The molecule has 0 fully saturated rings.